The first-order chi connectivity index (χ1) is 14.8. The van der Waals surface area contributed by atoms with Gasteiger partial charge in [0.15, 0.2) is 0 Å². The number of fused-ring (bicyclic) bond motifs is 1. The number of hydrogen-bond acceptors (Lipinski definition) is 5. The number of hydrogen-bond donors (Lipinski definition) is 0. The minimum atomic E-state index is 0.536. The van der Waals surface area contributed by atoms with Crippen LogP contribution in [0, 0.1) is 0 Å². The number of piperidine rings is 1. The predicted octanol–water partition coefficient (Wildman–Crippen LogP) is 3.33. The van der Waals surface area contributed by atoms with Crippen molar-refractivity contribution in [1.82, 2.24) is 14.8 Å². The molecule has 1 aromatic carbocycles. The summed E-state index contributed by atoms with van der Waals surface area (Å²) in [6, 6.07) is 16.3. The van der Waals surface area contributed by atoms with Crippen molar-refractivity contribution < 1.29 is 4.74 Å². The topological polar surface area (TPSA) is 31.8 Å². The third kappa shape index (κ3) is 4.50. The van der Waals surface area contributed by atoms with Crippen LogP contribution in [0.15, 0.2) is 48.7 Å². The Morgan fingerprint density at radius 1 is 0.967 bits per heavy atom. The molecule has 1 aromatic heterocycles. The maximum absolute atomic E-state index is 6.12. The number of anilines is 1. The van der Waals surface area contributed by atoms with Crippen LogP contribution in [0.2, 0.25) is 5.02 Å². The van der Waals surface area contributed by atoms with Crippen molar-refractivity contribution >= 4 is 17.4 Å². The first-order valence-electron chi connectivity index (χ1n) is 11.2. The Labute approximate surface area is 184 Å². The van der Waals surface area contributed by atoms with Gasteiger partial charge in [0.2, 0.25) is 0 Å². The van der Waals surface area contributed by atoms with Gasteiger partial charge in [-0.1, -0.05) is 29.8 Å². The Morgan fingerprint density at radius 3 is 2.57 bits per heavy atom. The molecule has 2 aromatic rings. The lowest BCUT2D eigenvalue weighted by atomic mass is 9.93. The van der Waals surface area contributed by atoms with Gasteiger partial charge in [0.1, 0.15) is 5.82 Å². The second kappa shape index (κ2) is 9.23. The van der Waals surface area contributed by atoms with Gasteiger partial charge >= 0.3 is 0 Å². The van der Waals surface area contributed by atoms with E-state index in [1.165, 1.54) is 18.4 Å². The Bertz CT molecular complexity index is 810. The number of aromatic nitrogens is 1. The predicted molar refractivity (Wildman–Crippen MR) is 121 cm³/mol. The maximum Gasteiger partial charge on any atom is 0.128 e. The quantitative estimate of drug-likeness (QED) is 0.748. The van der Waals surface area contributed by atoms with Gasteiger partial charge < -0.3 is 9.64 Å². The van der Waals surface area contributed by atoms with E-state index in [9.17, 15) is 0 Å². The van der Waals surface area contributed by atoms with Crippen molar-refractivity contribution in [2.24, 2.45) is 0 Å². The molecule has 3 aliphatic rings. The second-order valence-electron chi connectivity index (χ2n) is 8.81. The zero-order valence-electron chi connectivity index (χ0n) is 17.5. The van der Waals surface area contributed by atoms with Gasteiger partial charge in [-0.2, -0.15) is 0 Å². The monoisotopic (exact) mass is 426 g/mol. The summed E-state index contributed by atoms with van der Waals surface area (Å²) in [6.45, 7) is 7.22. The molecule has 3 saturated heterocycles. The zero-order chi connectivity index (χ0) is 20.3. The summed E-state index contributed by atoms with van der Waals surface area (Å²) in [5.74, 6) is 1.11. The molecule has 0 N–H and O–H groups in total. The summed E-state index contributed by atoms with van der Waals surface area (Å²) in [4.78, 5) is 12.4. The van der Waals surface area contributed by atoms with E-state index in [1.54, 1.807) is 0 Å². The van der Waals surface area contributed by atoms with E-state index in [-0.39, 0.29) is 0 Å². The fraction of sp³-hybridized carbons (Fsp3) is 0.542. The Kier molecular flexibility index (Phi) is 6.23. The average molecular weight is 427 g/mol. The van der Waals surface area contributed by atoms with Gasteiger partial charge in [0.25, 0.3) is 0 Å². The number of rotatable bonds is 4. The lowest BCUT2D eigenvalue weighted by Gasteiger charge is -2.52. The third-order valence-corrected chi connectivity index (χ3v) is 7.23. The molecule has 0 amide bonds. The number of morpholine rings is 1. The van der Waals surface area contributed by atoms with E-state index in [0.29, 0.717) is 18.1 Å². The second-order valence-corrected chi connectivity index (χ2v) is 9.25. The molecular weight excluding hydrogens is 396 g/mol. The maximum atomic E-state index is 6.12. The molecule has 0 radical (unpaired) electrons. The van der Waals surface area contributed by atoms with Gasteiger partial charge in [-0.3, -0.25) is 9.80 Å². The highest BCUT2D eigenvalue weighted by Crippen LogP contribution is 2.28. The molecule has 5 nitrogen and oxygen atoms in total. The largest absolute Gasteiger partial charge is 0.378 e. The molecule has 30 heavy (non-hydrogen) atoms. The van der Waals surface area contributed by atoms with E-state index in [2.05, 4.69) is 43.9 Å². The van der Waals surface area contributed by atoms with Crippen molar-refractivity contribution in [3.05, 3.63) is 59.2 Å². The van der Waals surface area contributed by atoms with Crippen molar-refractivity contribution in [3.8, 4) is 0 Å². The van der Waals surface area contributed by atoms with Crippen LogP contribution in [-0.4, -0.2) is 78.8 Å². The van der Waals surface area contributed by atoms with Crippen LogP contribution < -0.4 is 4.90 Å². The highest BCUT2D eigenvalue weighted by atomic mass is 35.5. The van der Waals surface area contributed by atoms with Crippen molar-refractivity contribution in [2.75, 3.05) is 50.8 Å². The number of piperazine rings is 1. The van der Waals surface area contributed by atoms with Crippen LogP contribution in [0.3, 0.4) is 0 Å². The van der Waals surface area contributed by atoms with Crippen LogP contribution in [-0.2, 0) is 11.2 Å². The Balaban J connectivity index is 1.29. The lowest BCUT2D eigenvalue weighted by Crippen LogP contribution is -2.65. The summed E-state index contributed by atoms with van der Waals surface area (Å²) in [5, 5.41) is 0.814. The van der Waals surface area contributed by atoms with Crippen LogP contribution in [0.5, 0.6) is 0 Å². The van der Waals surface area contributed by atoms with Crippen LogP contribution in [0.25, 0.3) is 0 Å². The fourth-order valence-corrected chi connectivity index (χ4v) is 5.48. The highest BCUT2D eigenvalue weighted by Gasteiger charge is 2.39. The van der Waals surface area contributed by atoms with Gasteiger partial charge in [-0.05, 0) is 49.1 Å². The van der Waals surface area contributed by atoms with E-state index >= 15 is 0 Å². The zero-order valence-corrected chi connectivity index (χ0v) is 18.3. The summed E-state index contributed by atoms with van der Waals surface area (Å²) in [6.07, 6.45) is 5.37. The highest BCUT2D eigenvalue weighted by molar-refractivity contribution is 6.30. The summed E-state index contributed by atoms with van der Waals surface area (Å²) >= 11 is 6.12. The van der Waals surface area contributed by atoms with Crippen molar-refractivity contribution in [1.29, 1.82) is 0 Å². The first kappa shape index (κ1) is 20.3. The molecule has 0 bridgehead atoms. The molecule has 5 rings (SSSR count). The molecule has 0 spiro atoms. The van der Waals surface area contributed by atoms with Gasteiger partial charge in [-0.15, -0.1) is 0 Å². The van der Waals surface area contributed by atoms with Crippen LogP contribution >= 0.6 is 11.6 Å². The first-order valence-corrected chi connectivity index (χ1v) is 11.6. The van der Waals surface area contributed by atoms with Crippen molar-refractivity contribution in [3.63, 3.8) is 0 Å². The molecule has 0 saturated carbocycles. The number of ether oxygens (including phenoxy) is 1. The molecule has 0 aliphatic carbocycles. The number of pyridine rings is 1. The number of halogens is 1. The van der Waals surface area contributed by atoms with E-state index < -0.39 is 0 Å². The number of nitrogens with zero attached hydrogens (tertiary/aromatic N) is 4. The average Bonchev–Trinajstić information content (AvgIpc) is 2.81. The lowest BCUT2D eigenvalue weighted by molar-refractivity contribution is -0.0766. The van der Waals surface area contributed by atoms with Gasteiger partial charge in [-0.25, -0.2) is 4.98 Å². The molecule has 6 heteroatoms. The Morgan fingerprint density at radius 2 is 1.80 bits per heavy atom. The molecule has 3 aliphatic heterocycles. The standard InChI is InChI=1S/C24H31ClN4O/c25-20-6-4-19(5-7-20)15-22-16-28-13-14-30-18-23(28)17-29(22)21-8-11-27(12-9-21)24-3-1-2-10-26-24/h1-7,10,21-23H,8-9,11-18H2/t22-,23+/m0/s1. The molecule has 3 fully saturated rings. The minimum absolute atomic E-state index is 0.536. The van der Waals surface area contributed by atoms with Gasteiger partial charge in [0.05, 0.1) is 13.2 Å². The van der Waals surface area contributed by atoms with E-state index in [4.69, 9.17) is 16.3 Å². The molecule has 4 heterocycles. The number of benzene rings is 1. The molecule has 2 atom stereocenters. The van der Waals surface area contributed by atoms with Crippen LogP contribution in [0.4, 0.5) is 5.82 Å². The summed E-state index contributed by atoms with van der Waals surface area (Å²) < 4.78 is 5.82. The van der Waals surface area contributed by atoms with Crippen LogP contribution in [0.1, 0.15) is 18.4 Å². The molecule has 0 unspecified atom stereocenters. The molecular formula is C24H31ClN4O. The minimum Gasteiger partial charge on any atom is -0.378 e. The fourth-order valence-electron chi connectivity index (χ4n) is 5.35. The normalized spacial score (nSPS) is 26.5. The SMILES string of the molecule is Clc1ccc(C[C@H]2CN3CCOC[C@H]3CN2C2CCN(c3ccccn3)CC2)cc1. The van der Waals surface area contributed by atoms with E-state index in [0.717, 1.165) is 63.2 Å². The van der Waals surface area contributed by atoms with E-state index in [1.807, 2.05) is 24.4 Å². The third-order valence-electron chi connectivity index (χ3n) is 6.98. The van der Waals surface area contributed by atoms with Gasteiger partial charge in [0, 0.05) is 62.1 Å². The van der Waals surface area contributed by atoms with Crippen molar-refractivity contribution in [2.45, 2.75) is 37.4 Å². The summed E-state index contributed by atoms with van der Waals surface area (Å²) in [5.41, 5.74) is 1.38. The molecule has 160 valence electrons. The smallest absolute Gasteiger partial charge is 0.128 e. The summed E-state index contributed by atoms with van der Waals surface area (Å²) in [7, 11) is 0. The Hall–Kier alpha value is -1.66.